The number of nitrogens with one attached hydrogen (secondary N) is 1. The Labute approximate surface area is 146 Å². The highest BCUT2D eigenvalue weighted by Gasteiger charge is 2.22. The number of nitrogens with zero attached hydrogens (tertiary/aromatic N) is 1. The molecule has 0 aromatic heterocycles. The minimum absolute atomic E-state index is 0.0784. The van der Waals surface area contributed by atoms with Crippen molar-refractivity contribution in [3.05, 3.63) is 29.8 Å². The number of carbonyl (C=O) groups is 1. The molecule has 2 rings (SSSR count). The van der Waals surface area contributed by atoms with Crippen molar-refractivity contribution in [2.75, 3.05) is 27.2 Å². The Morgan fingerprint density at radius 3 is 2.42 bits per heavy atom. The van der Waals surface area contributed by atoms with Crippen LogP contribution in [0, 0.1) is 11.8 Å². The lowest BCUT2D eigenvalue weighted by Crippen LogP contribution is -2.35. The summed E-state index contributed by atoms with van der Waals surface area (Å²) in [4.78, 5) is 14.9. The molecule has 4 heteroatoms. The Balaban J connectivity index is 1.95. The van der Waals surface area contributed by atoms with Gasteiger partial charge in [-0.15, -0.1) is 0 Å². The molecule has 1 aromatic rings. The lowest BCUT2D eigenvalue weighted by atomic mass is 9.92. The van der Waals surface area contributed by atoms with Crippen molar-refractivity contribution in [3.8, 4) is 5.75 Å². The van der Waals surface area contributed by atoms with Gasteiger partial charge in [0.1, 0.15) is 5.75 Å². The molecule has 0 aliphatic carbocycles. The van der Waals surface area contributed by atoms with Crippen molar-refractivity contribution < 1.29 is 9.53 Å². The molecule has 1 heterocycles. The van der Waals surface area contributed by atoms with Crippen LogP contribution in [0.4, 0.5) is 0 Å². The van der Waals surface area contributed by atoms with E-state index in [0.717, 1.165) is 43.7 Å². The molecule has 1 aliphatic heterocycles. The van der Waals surface area contributed by atoms with Crippen molar-refractivity contribution in [2.24, 2.45) is 11.8 Å². The maximum absolute atomic E-state index is 12.5. The first-order valence-electron chi connectivity index (χ1n) is 9.09. The number of amides is 1. The summed E-state index contributed by atoms with van der Waals surface area (Å²) in [5, 5.41) is 3.27. The molecule has 1 atom stereocenters. The lowest BCUT2D eigenvalue weighted by molar-refractivity contribution is -0.123. The molecule has 0 saturated carbocycles. The van der Waals surface area contributed by atoms with Crippen molar-refractivity contribution in [3.63, 3.8) is 0 Å². The maximum atomic E-state index is 12.5. The first kappa shape index (κ1) is 18.8. The predicted octanol–water partition coefficient (Wildman–Crippen LogP) is 3.63. The Morgan fingerprint density at radius 1 is 1.25 bits per heavy atom. The van der Waals surface area contributed by atoms with Crippen molar-refractivity contribution in [2.45, 2.75) is 45.6 Å². The lowest BCUT2D eigenvalue weighted by Gasteiger charge is -2.29. The summed E-state index contributed by atoms with van der Waals surface area (Å²) in [5.74, 6) is 2.09. The highest BCUT2D eigenvalue weighted by atomic mass is 16.5. The Hall–Kier alpha value is -1.55. The van der Waals surface area contributed by atoms with Gasteiger partial charge < -0.3 is 15.0 Å². The second kappa shape index (κ2) is 9.07. The molecule has 1 aliphatic rings. The topological polar surface area (TPSA) is 41.6 Å². The van der Waals surface area contributed by atoms with Crippen LogP contribution in [0.2, 0.25) is 0 Å². The fourth-order valence-corrected chi connectivity index (χ4v) is 3.37. The smallest absolute Gasteiger partial charge is 0.220 e. The van der Waals surface area contributed by atoms with Crippen molar-refractivity contribution in [1.82, 2.24) is 10.2 Å². The van der Waals surface area contributed by atoms with E-state index >= 15 is 0 Å². The van der Waals surface area contributed by atoms with Gasteiger partial charge >= 0.3 is 0 Å². The third-order valence-electron chi connectivity index (χ3n) is 4.87. The van der Waals surface area contributed by atoms with E-state index in [1.54, 1.807) is 7.11 Å². The summed E-state index contributed by atoms with van der Waals surface area (Å²) < 4.78 is 5.23. The average Bonchev–Trinajstić information content (AvgIpc) is 2.56. The third kappa shape index (κ3) is 5.82. The van der Waals surface area contributed by atoms with E-state index in [1.165, 1.54) is 0 Å². The number of benzene rings is 1. The fraction of sp³-hybridized carbons (Fsp3) is 0.650. The van der Waals surface area contributed by atoms with E-state index in [-0.39, 0.29) is 11.9 Å². The van der Waals surface area contributed by atoms with Crippen LogP contribution in [-0.4, -0.2) is 38.1 Å². The molecular formula is C20H32N2O2. The van der Waals surface area contributed by atoms with E-state index in [1.807, 2.05) is 12.1 Å². The normalized spacial score (nSPS) is 17.7. The molecule has 1 unspecified atom stereocenters. The van der Waals surface area contributed by atoms with Crippen LogP contribution in [0.1, 0.15) is 51.1 Å². The van der Waals surface area contributed by atoms with E-state index in [2.05, 4.69) is 43.2 Å². The number of methoxy groups -OCH3 is 1. The quantitative estimate of drug-likeness (QED) is 0.829. The Morgan fingerprint density at radius 2 is 1.88 bits per heavy atom. The number of piperidine rings is 1. The third-order valence-corrected chi connectivity index (χ3v) is 4.87. The predicted molar refractivity (Wildman–Crippen MR) is 98.2 cm³/mol. The number of likely N-dealkylation sites (tertiary alicyclic amines) is 1. The number of hydrogen-bond donors (Lipinski definition) is 1. The van der Waals surface area contributed by atoms with Gasteiger partial charge in [-0.05, 0) is 68.9 Å². The van der Waals surface area contributed by atoms with E-state index in [0.29, 0.717) is 18.3 Å². The second-order valence-electron chi connectivity index (χ2n) is 7.47. The zero-order valence-electron chi connectivity index (χ0n) is 15.5. The van der Waals surface area contributed by atoms with Gasteiger partial charge in [-0.3, -0.25) is 4.79 Å². The van der Waals surface area contributed by atoms with Crippen LogP contribution < -0.4 is 10.1 Å². The molecule has 1 amide bonds. The minimum atomic E-state index is 0.0784. The molecule has 1 saturated heterocycles. The summed E-state index contributed by atoms with van der Waals surface area (Å²) in [5.41, 5.74) is 1.15. The highest BCUT2D eigenvalue weighted by Crippen LogP contribution is 2.25. The number of ether oxygens (including phenoxy) is 1. The van der Waals surface area contributed by atoms with Gasteiger partial charge in [-0.2, -0.15) is 0 Å². The summed E-state index contributed by atoms with van der Waals surface area (Å²) in [6.45, 7) is 6.59. The summed E-state index contributed by atoms with van der Waals surface area (Å²) in [6, 6.07) is 8.12. The van der Waals surface area contributed by atoms with Gasteiger partial charge in [0.15, 0.2) is 0 Å². The molecular weight excluding hydrogens is 300 g/mol. The molecule has 1 aromatic carbocycles. The van der Waals surface area contributed by atoms with Crippen molar-refractivity contribution >= 4 is 5.91 Å². The average molecular weight is 332 g/mol. The van der Waals surface area contributed by atoms with Gasteiger partial charge in [0, 0.05) is 6.42 Å². The van der Waals surface area contributed by atoms with Gasteiger partial charge in [-0.1, -0.05) is 26.0 Å². The Bertz CT molecular complexity index is 505. The van der Waals surface area contributed by atoms with Crippen molar-refractivity contribution in [1.29, 1.82) is 0 Å². The van der Waals surface area contributed by atoms with Crippen LogP contribution in [0.5, 0.6) is 5.75 Å². The van der Waals surface area contributed by atoms with Gasteiger partial charge in [0.2, 0.25) is 5.91 Å². The zero-order valence-corrected chi connectivity index (χ0v) is 15.5. The Kier molecular flexibility index (Phi) is 7.10. The molecule has 134 valence electrons. The summed E-state index contributed by atoms with van der Waals surface area (Å²) in [6.07, 6.45) is 3.85. The van der Waals surface area contributed by atoms with Crippen LogP contribution >= 0.6 is 0 Å². The highest BCUT2D eigenvalue weighted by molar-refractivity contribution is 5.76. The number of hydrogen-bond acceptors (Lipinski definition) is 3. The SMILES string of the molecule is COc1ccc(C(CC(C)C)NC(=O)CC2CCN(C)CC2)cc1. The van der Waals surface area contributed by atoms with E-state index in [9.17, 15) is 4.79 Å². The van der Waals surface area contributed by atoms with Crippen LogP contribution in [0.15, 0.2) is 24.3 Å². The fourth-order valence-electron chi connectivity index (χ4n) is 3.37. The summed E-state index contributed by atoms with van der Waals surface area (Å²) in [7, 11) is 3.82. The minimum Gasteiger partial charge on any atom is -0.497 e. The zero-order chi connectivity index (χ0) is 17.5. The van der Waals surface area contributed by atoms with Crippen LogP contribution in [0.3, 0.4) is 0 Å². The second-order valence-corrected chi connectivity index (χ2v) is 7.47. The number of carbonyl (C=O) groups excluding carboxylic acids is 1. The summed E-state index contributed by atoms with van der Waals surface area (Å²) >= 11 is 0. The first-order chi connectivity index (χ1) is 11.5. The molecule has 1 N–H and O–H groups in total. The maximum Gasteiger partial charge on any atom is 0.220 e. The standard InChI is InChI=1S/C20H32N2O2/c1-15(2)13-19(17-5-7-18(24-4)8-6-17)21-20(23)14-16-9-11-22(3)12-10-16/h5-8,15-16,19H,9-14H2,1-4H3,(H,21,23). The van der Waals surface area contributed by atoms with Gasteiger partial charge in [-0.25, -0.2) is 0 Å². The molecule has 0 bridgehead atoms. The molecule has 1 fully saturated rings. The van der Waals surface area contributed by atoms with Gasteiger partial charge in [0.25, 0.3) is 0 Å². The number of rotatable bonds is 7. The monoisotopic (exact) mass is 332 g/mol. The molecule has 4 nitrogen and oxygen atoms in total. The van der Waals surface area contributed by atoms with Gasteiger partial charge in [0.05, 0.1) is 13.2 Å². The molecule has 0 spiro atoms. The van der Waals surface area contributed by atoms with E-state index < -0.39 is 0 Å². The largest absolute Gasteiger partial charge is 0.497 e. The molecule has 0 radical (unpaired) electrons. The van der Waals surface area contributed by atoms with Crippen LogP contribution in [0.25, 0.3) is 0 Å². The first-order valence-corrected chi connectivity index (χ1v) is 9.09. The van der Waals surface area contributed by atoms with Crippen LogP contribution in [-0.2, 0) is 4.79 Å². The van der Waals surface area contributed by atoms with E-state index in [4.69, 9.17) is 4.74 Å². The molecule has 24 heavy (non-hydrogen) atoms.